The molecule has 298 valence electrons. The molecule has 1 spiro atoms. The van der Waals surface area contributed by atoms with Gasteiger partial charge in [0.25, 0.3) is 0 Å². The number of fused-ring (bicyclic) bond motifs is 12. The molecule has 0 atom stereocenters. The lowest BCUT2D eigenvalue weighted by molar-refractivity contribution is 0.793. The molecule has 0 aromatic heterocycles. The largest absolute Gasteiger partial charge is 0.310 e. The van der Waals surface area contributed by atoms with Gasteiger partial charge < -0.3 is 4.90 Å². The third-order valence-corrected chi connectivity index (χ3v) is 13.9. The van der Waals surface area contributed by atoms with Crippen molar-refractivity contribution in [3.05, 3.63) is 271 Å². The van der Waals surface area contributed by atoms with Gasteiger partial charge in [-0.1, -0.05) is 200 Å². The molecular weight excluding hydrogens is 771 g/mol. The van der Waals surface area contributed by atoms with Crippen LogP contribution in [-0.2, 0) is 5.41 Å². The molecule has 11 aromatic carbocycles. The fourth-order valence-corrected chi connectivity index (χ4v) is 11.0. The smallest absolute Gasteiger partial charge is 0.0726 e. The number of hydrogen-bond acceptors (Lipinski definition) is 1. The summed E-state index contributed by atoms with van der Waals surface area (Å²) in [6.07, 6.45) is 0. The van der Waals surface area contributed by atoms with E-state index in [1.165, 1.54) is 99.4 Å². The van der Waals surface area contributed by atoms with Crippen molar-refractivity contribution in [3.8, 4) is 55.6 Å². The summed E-state index contributed by atoms with van der Waals surface area (Å²) < 4.78 is 0. The predicted molar refractivity (Wildman–Crippen MR) is 269 cm³/mol. The van der Waals surface area contributed by atoms with Crippen LogP contribution in [0.3, 0.4) is 0 Å². The van der Waals surface area contributed by atoms with Gasteiger partial charge in [-0.2, -0.15) is 0 Å². The second kappa shape index (κ2) is 14.4. The monoisotopic (exact) mass is 811 g/mol. The van der Waals surface area contributed by atoms with Crippen molar-refractivity contribution in [1.29, 1.82) is 0 Å². The van der Waals surface area contributed by atoms with E-state index in [1.807, 2.05) is 0 Å². The Balaban J connectivity index is 0.959. The molecule has 0 heterocycles. The molecule has 1 nitrogen and oxygen atoms in total. The van der Waals surface area contributed by atoms with E-state index < -0.39 is 5.41 Å². The lowest BCUT2D eigenvalue weighted by atomic mass is 9.70. The molecule has 0 unspecified atom stereocenters. The van der Waals surface area contributed by atoms with Crippen molar-refractivity contribution in [2.75, 3.05) is 4.90 Å². The van der Waals surface area contributed by atoms with E-state index in [4.69, 9.17) is 0 Å². The van der Waals surface area contributed by atoms with Crippen LogP contribution < -0.4 is 4.90 Å². The van der Waals surface area contributed by atoms with Gasteiger partial charge in [0.1, 0.15) is 0 Å². The number of rotatable bonds is 6. The highest BCUT2D eigenvalue weighted by Crippen LogP contribution is 2.63. The minimum atomic E-state index is -0.431. The zero-order valence-corrected chi connectivity index (χ0v) is 35.1. The molecule has 0 N–H and O–H groups in total. The van der Waals surface area contributed by atoms with Crippen LogP contribution >= 0.6 is 0 Å². The van der Waals surface area contributed by atoms with E-state index in [2.05, 4.69) is 254 Å². The van der Waals surface area contributed by atoms with E-state index >= 15 is 0 Å². The summed E-state index contributed by atoms with van der Waals surface area (Å²) in [6, 6.07) is 92.1. The summed E-state index contributed by atoms with van der Waals surface area (Å²) in [7, 11) is 0. The van der Waals surface area contributed by atoms with Gasteiger partial charge in [-0.25, -0.2) is 0 Å². The maximum absolute atomic E-state index is 2.48. The van der Waals surface area contributed by atoms with Gasteiger partial charge in [0.2, 0.25) is 0 Å². The first-order valence-corrected chi connectivity index (χ1v) is 22.2. The van der Waals surface area contributed by atoms with Crippen molar-refractivity contribution in [2.24, 2.45) is 0 Å². The van der Waals surface area contributed by atoms with Crippen LogP contribution in [0.2, 0.25) is 0 Å². The van der Waals surface area contributed by atoms with Crippen LogP contribution in [0, 0.1) is 0 Å². The minimum absolute atomic E-state index is 0.431. The number of hydrogen-bond donors (Lipinski definition) is 0. The highest BCUT2D eigenvalue weighted by molar-refractivity contribution is 5.98. The molecule has 2 aliphatic carbocycles. The SMILES string of the molecule is c1cc(-c2ccc(N(c3ccc(-c4ccc5ccccc5c4)cc3)c3ccc4c(c3)C3(c5ccccc5-c5ccccc53)c3ccccc3-4)cc2)cc(-c2cccc3ccccc23)c1. The topological polar surface area (TPSA) is 3.24 Å². The molecule has 1 heteroatoms. The third kappa shape index (κ3) is 5.51. The lowest BCUT2D eigenvalue weighted by Crippen LogP contribution is -2.26. The number of anilines is 3. The van der Waals surface area contributed by atoms with Crippen LogP contribution in [0.5, 0.6) is 0 Å². The van der Waals surface area contributed by atoms with E-state index in [0.29, 0.717) is 0 Å². The summed E-state index contributed by atoms with van der Waals surface area (Å²) in [6.45, 7) is 0. The van der Waals surface area contributed by atoms with Gasteiger partial charge in [-0.3, -0.25) is 0 Å². The average molecular weight is 812 g/mol. The molecule has 13 rings (SSSR count). The Morgan fingerprint density at radius 2 is 0.688 bits per heavy atom. The van der Waals surface area contributed by atoms with Gasteiger partial charge in [0.05, 0.1) is 5.41 Å². The van der Waals surface area contributed by atoms with Crippen LogP contribution in [-0.4, -0.2) is 0 Å². The zero-order valence-electron chi connectivity index (χ0n) is 35.1. The van der Waals surface area contributed by atoms with E-state index in [-0.39, 0.29) is 0 Å². The van der Waals surface area contributed by atoms with Gasteiger partial charge in [0.15, 0.2) is 0 Å². The van der Waals surface area contributed by atoms with Gasteiger partial charge in [-0.15, -0.1) is 0 Å². The van der Waals surface area contributed by atoms with Crippen LogP contribution in [0.25, 0.3) is 77.2 Å². The van der Waals surface area contributed by atoms with E-state index in [9.17, 15) is 0 Å². The normalized spacial score (nSPS) is 12.8. The van der Waals surface area contributed by atoms with Crippen LogP contribution in [0.4, 0.5) is 17.1 Å². The molecule has 0 radical (unpaired) electrons. The molecule has 11 aromatic rings. The molecule has 64 heavy (non-hydrogen) atoms. The van der Waals surface area contributed by atoms with Crippen LogP contribution in [0.15, 0.2) is 249 Å². The Labute approximate surface area is 373 Å². The summed E-state index contributed by atoms with van der Waals surface area (Å²) in [5.74, 6) is 0. The molecular formula is C63H41N. The lowest BCUT2D eigenvalue weighted by Gasteiger charge is -2.32. The van der Waals surface area contributed by atoms with Crippen LogP contribution in [0.1, 0.15) is 22.3 Å². The summed E-state index contributed by atoms with van der Waals surface area (Å²) in [5, 5.41) is 5.02. The second-order valence-electron chi connectivity index (χ2n) is 17.2. The van der Waals surface area contributed by atoms with E-state index in [0.717, 1.165) is 17.1 Å². The van der Waals surface area contributed by atoms with Crippen molar-refractivity contribution in [3.63, 3.8) is 0 Å². The summed E-state index contributed by atoms with van der Waals surface area (Å²) in [4.78, 5) is 2.43. The summed E-state index contributed by atoms with van der Waals surface area (Å²) >= 11 is 0. The first kappa shape index (κ1) is 36.4. The van der Waals surface area contributed by atoms with E-state index in [1.54, 1.807) is 0 Å². The van der Waals surface area contributed by atoms with Crippen molar-refractivity contribution < 1.29 is 0 Å². The first-order valence-electron chi connectivity index (χ1n) is 22.2. The fourth-order valence-electron chi connectivity index (χ4n) is 11.0. The molecule has 0 saturated carbocycles. The predicted octanol–water partition coefficient (Wildman–Crippen LogP) is 16.8. The van der Waals surface area contributed by atoms with Gasteiger partial charge >= 0.3 is 0 Å². The molecule has 0 fully saturated rings. The Morgan fingerprint density at radius 3 is 1.34 bits per heavy atom. The minimum Gasteiger partial charge on any atom is -0.310 e. The van der Waals surface area contributed by atoms with Crippen molar-refractivity contribution >= 4 is 38.6 Å². The molecule has 2 aliphatic rings. The highest BCUT2D eigenvalue weighted by Gasteiger charge is 2.51. The number of nitrogens with zero attached hydrogens (tertiary/aromatic N) is 1. The Kier molecular flexibility index (Phi) is 8.20. The first-order chi connectivity index (χ1) is 31.7. The third-order valence-electron chi connectivity index (χ3n) is 13.9. The maximum Gasteiger partial charge on any atom is 0.0726 e. The Bertz CT molecular complexity index is 3550. The Hall–Kier alpha value is -8.26. The molecule has 0 amide bonds. The van der Waals surface area contributed by atoms with Crippen molar-refractivity contribution in [1.82, 2.24) is 0 Å². The average Bonchev–Trinajstić information content (AvgIpc) is 3.84. The number of benzene rings is 11. The quantitative estimate of drug-likeness (QED) is 0.162. The highest BCUT2D eigenvalue weighted by atomic mass is 15.1. The Morgan fingerprint density at radius 1 is 0.234 bits per heavy atom. The molecule has 0 saturated heterocycles. The van der Waals surface area contributed by atoms with Gasteiger partial charge in [-0.05, 0) is 148 Å². The fraction of sp³-hybridized carbons (Fsp3) is 0.0159. The zero-order chi connectivity index (χ0) is 42.2. The summed E-state index contributed by atoms with van der Waals surface area (Å²) in [5.41, 5.74) is 20.7. The van der Waals surface area contributed by atoms with Gasteiger partial charge in [0, 0.05) is 17.1 Å². The standard InChI is InChI=1S/C63H41N/c1-2-15-46-39-48(28-27-42(46)13-1)44-31-35-51(36-32-44)64(50-33-29-43(30-34-50)47-17-11-18-49(40-47)54-23-12-16-45-14-3-4-19-53(45)54)52-37-38-58-57-22-7-10-26-61(57)63(62(58)41-52)59-24-8-5-20-55(59)56-21-6-9-25-60(56)63/h1-41H. The maximum atomic E-state index is 2.48. The second-order valence-corrected chi connectivity index (χ2v) is 17.2. The molecule has 0 aliphatic heterocycles. The molecule has 0 bridgehead atoms. The van der Waals surface area contributed by atoms with Crippen molar-refractivity contribution in [2.45, 2.75) is 5.41 Å².